The van der Waals surface area contributed by atoms with Crippen LogP contribution >= 0.6 is 11.3 Å². The van der Waals surface area contributed by atoms with Crippen molar-refractivity contribution in [2.75, 3.05) is 7.05 Å². The molecule has 22 heavy (non-hydrogen) atoms. The van der Waals surface area contributed by atoms with Gasteiger partial charge in [-0.3, -0.25) is 10.1 Å². The Bertz CT molecular complexity index is 786. The molecule has 2 aromatic rings. The van der Waals surface area contributed by atoms with Crippen LogP contribution in [0.25, 0.3) is 0 Å². The molecule has 0 spiro atoms. The van der Waals surface area contributed by atoms with Gasteiger partial charge < -0.3 is 0 Å². The van der Waals surface area contributed by atoms with Crippen LogP contribution in [0.4, 0.5) is 5.69 Å². The van der Waals surface area contributed by atoms with E-state index < -0.39 is 14.9 Å². The largest absolute Gasteiger partial charge is 0.269 e. The Morgan fingerprint density at radius 3 is 2.73 bits per heavy atom. The number of benzene rings is 1. The molecule has 0 atom stereocenters. The maximum atomic E-state index is 12.3. The van der Waals surface area contributed by atoms with Crippen LogP contribution in [-0.2, 0) is 22.3 Å². The predicted octanol–water partition coefficient (Wildman–Crippen LogP) is 2.32. The van der Waals surface area contributed by atoms with Crippen molar-refractivity contribution in [2.24, 2.45) is 0 Å². The number of nitro groups is 1. The topological polar surface area (TPSA) is 93.4 Å². The number of hydrogen-bond donors (Lipinski definition) is 0. The minimum atomic E-state index is -3.57. The lowest BCUT2D eigenvalue weighted by Crippen LogP contribution is -2.27. The second kappa shape index (κ2) is 6.51. The smallest absolute Gasteiger partial charge is 0.258 e. The maximum absolute atomic E-state index is 12.3. The Morgan fingerprint density at radius 1 is 1.41 bits per heavy atom. The zero-order valence-corrected chi connectivity index (χ0v) is 13.7. The first-order chi connectivity index (χ1) is 10.3. The summed E-state index contributed by atoms with van der Waals surface area (Å²) in [6.45, 7) is 2.04. The van der Waals surface area contributed by atoms with Crippen LogP contribution in [0.1, 0.15) is 16.3 Å². The van der Waals surface area contributed by atoms with Crippen molar-refractivity contribution in [2.45, 2.75) is 19.2 Å². The van der Waals surface area contributed by atoms with Gasteiger partial charge in [-0.15, -0.1) is 11.3 Å². The molecule has 0 aliphatic rings. The van der Waals surface area contributed by atoms with Crippen molar-refractivity contribution >= 4 is 27.0 Å². The SMILES string of the molecule is Cc1csc(CN(C)S(=O)(=O)Cc2cccc([N+](=O)[O-])c2)n1. The summed E-state index contributed by atoms with van der Waals surface area (Å²) in [4.78, 5) is 14.4. The Morgan fingerprint density at radius 2 is 2.14 bits per heavy atom. The molecule has 0 aliphatic heterocycles. The van der Waals surface area contributed by atoms with Crippen LogP contribution in [0.2, 0.25) is 0 Å². The number of rotatable bonds is 6. The lowest BCUT2D eigenvalue weighted by molar-refractivity contribution is -0.384. The molecule has 1 aromatic carbocycles. The average Bonchev–Trinajstić information content (AvgIpc) is 2.83. The van der Waals surface area contributed by atoms with Crippen molar-refractivity contribution in [3.8, 4) is 0 Å². The highest BCUT2D eigenvalue weighted by Gasteiger charge is 2.21. The molecule has 1 aromatic heterocycles. The lowest BCUT2D eigenvalue weighted by atomic mass is 10.2. The van der Waals surface area contributed by atoms with Crippen molar-refractivity contribution < 1.29 is 13.3 Å². The van der Waals surface area contributed by atoms with Gasteiger partial charge in [-0.05, 0) is 12.5 Å². The summed E-state index contributed by atoms with van der Waals surface area (Å²) in [5.41, 5.74) is 1.12. The third-order valence-corrected chi connectivity index (χ3v) is 5.70. The number of nitrogens with zero attached hydrogens (tertiary/aromatic N) is 3. The number of hydrogen-bond acceptors (Lipinski definition) is 6. The highest BCUT2D eigenvalue weighted by atomic mass is 32.2. The quantitative estimate of drug-likeness (QED) is 0.594. The molecule has 2 rings (SSSR count). The van der Waals surface area contributed by atoms with E-state index in [1.54, 1.807) is 6.07 Å². The minimum Gasteiger partial charge on any atom is -0.258 e. The summed E-state index contributed by atoms with van der Waals surface area (Å²) >= 11 is 1.40. The van der Waals surface area contributed by atoms with Crippen molar-refractivity contribution in [1.29, 1.82) is 0 Å². The van der Waals surface area contributed by atoms with Crippen LogP contribution < -0.4 is 0 Å². The highest BCUT2D eigenvalue weighted by molar-refractivity contribution is 7.88. The fourth-order valence-electron chi connectivity index (χ4n) is 1.84. The number of nitro benzene ring substituents is 1. The zero-order valence-electron chi connectivity index (χ0n) is 12.1. The van der Waals surface area contributed by atoms with Crippen LogP contribution in [0.15, 0.2) is 29.6 Å². The van der Waals surface area contributed by atoms with E-state index in [9.17, 15) is 18.5 Å². The molecule has 0 radical (unpaired) electrons. The van der Waals surface area contributed by atoms with Crippen LogP contribution in [0.3, 0.4) is 0 Å². The number of non-ortho nitro benzene ring substituents is 1. The van der Waals surface area contributed by atoms with E-state index >= 15 is 0 Å². The third-order valence-electron chi connectivity index (χ3n) is 2.97. The minimum absolute atomic E-state index is 0.120. The van der Waals surface area contributed by atoms with E-state index in [4.69, 9.17) is 0 Å². The summed E-state index contributed by atoms with van der Waals surface area (Å²) in [5, 5.41) is 13.3. The molecule has 118 valence electrons. The number of aromatic nitrogens is 1. The number of sulfonamides is 1. The van der Waals surface area contributed by atoms with Crippen molar-refractivity contribution in [1.82, 2.24) is 9.29 Å². The summed E-state index contributed by atoms with van der Waals surface area (Å²) in [7, 11) is -2.09. The van der Waals surface area contributed by atoms with Crippen molar-refractivity contribution in [3.05, 3.63) is 56.0 Å². The van der Waals surface area contributed by atoms with Gasteiger partial charge >= 0.3 is 0 Å². The standard InChI is InChI=1S/C13H15N3O4S2/c1-10-8-21-13(14-10)7-15(2)22(19,20)9-11-4-3-5-12(6-11)16(17)18/h3-6,8H,7,9H2,1-2H3. The average molecular weight is 341 g/mol. The number of thiazole rings is 1. The molecular weight excluding hydrogens is 326 g/mol. The Kier molecular flexibility index (Phi) is 4.89. The van der Waals surface area contributed by atoms with E-state index in [1.165, 1.54) is 40.9 Å². The van der Waals surface area contributed by atoms with Gasteiger partial charge in [-0.25, -0.2) is 13.4 Å². The summed E-state index contributed by atoms with van der Waals surface area (Å²) in [6, 6.07) is 5.65. The molecule has 0 bridgehead atoms. The molecule has 0 amide bonds. The molecule has 0 unspecified atom stereocenters. The first-order valence-corrected chi connectivity index (χ1v) is 8.85. The van der Waals surface area contributed by atoms with Crippen LogP contribution in [0, 0.1) is 17.0 Å². The Labute approximate surface area is 132 Å². The van der Waals surface area contributed by atoms with Crippen LogP contribution in [0.5, 0.6) is 0 Å². The molecule has 0 N–H and O–H groups in total. The lowest BCUT2D eigenvalue weighted by Gasteiger charge is -2.15. The monoisotopic (exact) mass is 341 g/mol. The van der Waals surface area contributed by atoms with Gasteiger partial charge in [-0.1, -0.05) is 12.1 Å². The van der Waals surface area contributed by atoms with Crippen molar-refractivity contribution in [3.63, 3.8) is 0 Å². The van der Waals surface area contributed by atoms with E-state index in [1.807, 2.05) is 12.3 Å². The summed E-state index contributed by atoms with van der Waals surface area (Å²) in [5.74, 6) is -0.282. The summed E-state index contributed by atoms with van der Waals surface area (Å²) in [6.07, 6.45) is 0. The molecule has 1 heterocycles. The summed E-state index contributed by atoms with van der Waals surface area (Å²) < 4.78 is 25.9. The van der Waals surface area contributed by atoms with E-state index in [0.29, 0.717) is 10.6 Å². The molecule has 0 aliphatic carbocycles. The van der Waals surface area contributed by atoms with Gasteiger partial charge in [0.15, 0.2) is 0 Å². The molecule has 0 saturated heterocycles. The van der Waals surface area contributed by atoms with E-state index in [-0.39, 0.29) is 18.0 Å². The fraction of sp³-hybridized carbons (Fsp3) is 0.308. The first-order valence-electron chi connectivity index (χ1n) is 6.36. The molecular formula is C13H15N3O4S2. The fourth-order valence-corrected chi connectivity index (χ4v) is 3.89. The second-order valence-corrected chi connectivity index (χ2v) is 7.84. The first kappa shape index (κ1) is 16.5. The van der Waals surface area contributed by atoms with Gasteiger partial charge in [0.05, 0.1) is 17.2 Å². The number of aryl methyl sites for hydroxylation is 1. The zero-order chi connectivity index (χ0) is 16.3. The predicted molar refractivity (Wildman–Crippen MR) is 84.0 cm³/mol. The normalized spacial score (nSPS) is 11.8. The molecule has 7 nitrogen and oxygen atoms in total. The van der Waals surface area contributed by atoms with Gasteiger partial charge in [0.2, 0.25) is 10.0 Å². The molecule has 0 fully saturated rings. The highest BCUT2D eigenvalue weighted by Crippen LogP contribution is 2.18. The molecule has 0 saturated carbocycles. The van der Waals surface area contributed by atoms with Gasteiger partial charge in [0.25, 0.3) is 5.69 Å². The second-order valence-electron chi connectivity index (χ2n) is 4.82. The maximum Gasteiger partial charge on any atom is 0.269 e. The third kappa shape index (κ3) is 4.09. The van der Waals surface area contributed by atoms with Gasteiger partial charge in [-0.2, -0.15) is 4.31 Å². The molecule has 9 heteroatoms. The van der Waals surface area contributed by atoms with E-state index in [2.05, 4.69) is 4.98 Å². The Balaban J connectivity index is 2.13. The Hall–Kier alpha value is -1.84. The van der Waals surface area contributed by atoms with Crippen LogP contribution in [-0.4, -0.2) is 29.7 Å². The van der Waals surface area contributed by atoms with Gasteiger partial charge in [0, 0.05) is 30.3 Å². The van der Waals surface area contributed by atoms with E-state index in [0.717, 1.165) is 5.69 Å². The van der Waals surface area contributed by atoms with Gasteiger partial charge in [0.1, 0.15) is 5.01 Å².